The molecule has 2 atom stereocenters. The smallest absolute Gasteiger partial charge is 0.246 e. The highest BCUT2D eigenvalue weighted by atomic mass is 16.2. The van der Waals surface area contributed by atoms with Crippen LogP contribution < -0.4 is 10.3 Å². The van der Waals surface area contributed by atoms with E-state index in [1.807, 2.05) is 26.2 Å². The molecule has 4 nitrogen and oxygen atoms in total. The maximum Gasteiger partial charge on any atom is 0.246 e. The van der Waals surface area contributed by atoms with Gasteiger partial charge in [-0.1, -0.05) is 25.0 Å². The van der Waals surface area contributed by atoms with E-state index in [2.05, 4.69) is 27.6 Å². The largest absolute Gasteiger partial charge is 0.378 e. The summed E-state index contributed by atoms with van der Waals surface area (Å²) in [7, 11) is 4.05. The van der Waals surface area contributed by atoms with Crippen molar-refractivity contribution in [2.45, 2.75) is 44.9 Å². The van der Waals surface area contributed by atoms with Crippen LogP contribution in [0.15, 0.2) is 29.4 Å². The van der Waals surface area contributed by atoms with Crippen molar-refractivity contribution in [2.75, 3.05) is 19.0 Å². The Balaban J connectivity index is 1.42. The van der Waals surface area contributed by atoms with Crippen LogP contribution in [0.3, 0.4) is 0 Å². The second-order valence-electron chi connectivity index (χ2n) is 8.72. The predicted octanol–water partition coefficient (Wildman–Crippen LogP) is 3.81. The van der Waals surface area contributed by atoms with Gasteiger partial charge in [0.2, 0.25) is 5.91 Å². The number of fused-ring (bicyclic) bond motifs is 1. The van der Waals surface area contributed by atoms with Crippen LogP contribution in [0.25, 0.3) is 0 Å². The molecule has 4 aliphatic carbocycles. The Hall–Kier alpha value is -1.84. The first kappa shape index (κ1) is 16.6. The first-order chi connectivity index (χ1) is 12.0. The van der Waals surface area contributed by atoms with Crippen molar-refractivity contribution >= 4 is 17.8 Å². The number of anilines is 1. The van der Waals surface area contributed by atoms with Gasteiger partial charge in [0.15, 0.2) is 0 Å². The molecule has 4 fully saturated rings. The number of rotatable bonds is 4. The molecule has 0 spiro atoms. The summed E-state index contributed by atoms with van der Waals surface area (Å²) in [6.45, 7) is 0. The fraction of sp³-hybridized carbons (Fsp3) is 0.619. The van der Waals surface area contributed by atoms with Crippen molar-refractivity contribution in [1.29, 1.82) is 0 Å². The average molecular weight is 339 g/mol. The summed E-state index contributed by atoms with van der Waals surface area (Å²) >= 11 is 0. The number of hydrogen-bond donors (Lipinski definition) is 1. The van der Waals surface area contributed by atoms with E-state index in [-0.39, 0.29) is 11.3 Å². The third-order valence-corrected chi connectivity index (χ3v) is 6.63. The summed E-state index contributed by atoms with van der Waals surface area (Å²) in [5.41, 5.74) is 4.90. The van der Waals surface area contributed by atoms with Crippen molar-refractivity contribution in [1.82, 2.24) is 5.43 Å². The first-order valence-corrected chi connectivity index (χ1v) is 9.65. The van der Waals surface area contributed by atoms with Crippen LogP contribution >= 0.6 is 0 Å². The molecule has 0 radical (unpaired) electrons. The van der Waals surface area contributed by atoms with Gasteiger partial charge in [-0.3, -0.25) is 4.79 Å². The number of hydrogen-bond acceptors (Lipinski definition) is 3. The van der Waals surface area contributed by atoms with E-state index in [9.17, 15) is 4.79 Å². The molecule has 4 bridgehead atoms. The third kappa shape index (κ3) is 3.31. The Morgan fingerprint density at radius 1 is 1.08 bits per heavy atom. The lowest BCUT2D eigenvalue weighted by Crippen LogP contribution is -2.47. The van der Waals surface area contributed by atoms with Crippen LogP contribution in [0.5, 0.6) is 0 Å². The highest BCUT2D eigenvalue weighted by Gasteiger charge is 2.52. The Morgan fingerprint density at radius 3 is 2.28 bits per heavy atom. The molecular weight excluding hydrogens is 310 g/mol. The molecular formula is C21H29N3O. The van der Waals surface area contributed by atoms with Gasteiger partial charge in [-0.2, -0.15) is 5.10 Å². The van der Waals surface area contributed by atoms with E-state index >= 15 is 0 Å². The minimum atomic E-state index is -0.140. The molecule has 4 aliphatic rings. The fourth-order valence-corrected chi connectivity index (χ4v) is 5.61. The van der Waals surface area contributed by atoms with Gasteiger partial charge < -0.3 is 4.90 Å². The van der Waals surface area contributed by atoms with Gasteiger partial charge in [-0.25, -0.2) is 5.43 Å². The predicted molar refractivity (Wildman–Crippen MR) is 102 cm³/mol. The SMILES string of the molecule is CN(C)c1ccc(/C=N\NC(=O)C23CC4C[C@@H](CC[C@H](C4)C2)C3)cc1. The van der Waals surface area contributed by atoms with Gasteiger partial charge in [-0.05, 0) is 67.6 Å². The maximum atomic E-state index is 13.0. The second-order valence-corrected chi connectivity index (χ2v) is 8.72. The Bertz CT molecular complexity index is 648. The molecule has 0 unspecified atom stereocenters. The second kappa shape index (κ2) is 6.47. The van der Waals surface area contributed by atoms with E-state index in [1.54, 1.807) is 6.21 Å². The lowest BCUT2D eigenvalue weighted by atomic mass is 9.58. The lowest BCUT2D eigenvalue weighted by Gasteiger charge is -2.46. The molecule has 1 N–H and O–H groups in total. The summed E-state index contributed by atoms with van der Waals surface area (Å²) in [5, 5.41) is 4.27. The Morgan fingerprint density at radius 2 is 1.68 bits per heavy atom. The van der Waals surface area contributed by atoms with E-state index in [4.69, 9.17) is 0 Å². The summed E-state index contributed by atoms with van der Waals surface area (Å²) in [4.78, 5) is 15.0. The molecule has 1 aromatic rings. The molecule has 1 aromatic carbocycles. The first-order valence-electron chi connectivity index (χ1n) is 9.65. The zero-order chi connectivity index (χ0) is 17.4. The molecule has 5 rings (SSSR count). The third-order valence-electron chi connectivity index (χ3n) is 6.63. The minimum absolute atomic E-state index is 0.140. The molecule has 1 amide bonds. The van der Waals surface area contributed by atoms with E-state index < -0.39 is 0 Å². The molecule has 134 valence electrons. The van der Waals surface area contributed by atoms with Gasteiger partial charge in [-0.15, -0.1) is 0 Å². The quantitative estimate of drug-likeness (QED) is 0.670. The maximum absolute atomic E-state index is 13.0. The number of amides is 1. The molecule has 25 heavy (non-hydrogen) atoms. The summed E-state index contributed by atoms with van der Waals surface area (Å²) in [5.74, 6) is 2.46. The Labute approximate surface area is 150 Å². The van der Waals surface area contributed by atoms with Crippen molar-refractivity contribution in [3.8, 4) is 0 Å². The monoisotopic (exact) mass is 339 g/mol. The molecule has 0 saturated heterocycles. The van der Waals surface area contributed by atoms with Crippen LogP contribution in [0.4, 0.5) is 5.69 Å². The van der Waals surface area contributed by atoms with Crippen molar-refractivity contribution in [3.63, 3.8) is 0 Å². The molecule has 4 heteroatoms. The van der Waals surface area contributed by atoms with E-state index in [0.717, 1.165) is 48.3 Å². The topological polar surface area (TPSA) is 44.7 Å². The zero-order valence-corrected chi connectivity index (χ0v) is 15.4. The summed E-state index contributed by atoms with van der Waals surface area (Å²) in [6.07, 6.45) is 10.4. The minimum Gasteiger partial charge on any atom is -0.378 e. The number of hydrazone groups is 1. The average Bonchev–Trinajstić information content (AvgIpc) is 2.81. The number of benzene rings is 1. The van der Waals surface area contributed by atoms with Crippen LogP contribution in [0, 0.1) is 23.2 Å². The number of nitrogens with zero attached hydrogens (tertiary/aromatic N) is 2. The van der Waals surface area contributed by atoms with Gasteiger partial charge in [0.1, 0.15) is 0 Å². The number of carbonyl (C=O) groups is 1. The van der Waals surface area contributed by atoms with Gasteiger partial charge >= 0.3 is 0 Å². The molecule has 4 saturated carbocycles. The van der Waals surface area contributed by atoms with Crippen molar-refractivity contribution < 1.29 is 4.79 Å². The van der Waals surface area contributed by atoms with Crippen molar-refractivity contribution in [2.24, 2.45) is 28.3 Å². The van der Waals surface area contributed by atoms with Gasteiger partial charge in [0.05, 0.1) is 11.6 Å². The molecule has 0 aliphatic heterocycles. The standard InChI is InChI=1S/C21H29N3O/c1-24(2)19-7-5-15(6-8-19)14-22-23-20(25)21-11-16-3-4-17(12-21)10-18(9-16)13-21/h5-8,14,16-18H,3-4,9-13H2,1-2H3,(H,23,25)/b22-14-/t16-,17-,18?,21?/m1/s1. The van der Waals surface area contributed by atoms with E-state index in [1.165, 1.54) is 25.7 Å². The molecule has 0 heterocycles. The molecule has 0 aromatic heterocycles. The van der Waals surface area contributed by atoms with Crippen molar-refractivity contribution in [3.05, 3.63) is 29.8 Å². The fourth-order valence-electron chi connectivity index (χ4n) is 5.61. The number of nitrogens with one attached hydrogen (secondary N) is 1. The highest BCUT2D eigenvalue weighted by Crippen LogP contribution is 2.57. The van der Waals surface area contributed by atoms with Crippen LogP contribution in [0.1, 0.15) is 50.5 Å². The zero-order valence-electron chi connectivity index (χ0n) is 15.4. The van der Waals surface area contributed by atoms with E-state index in [0.29, 0.717) is 0 Å². The summed E-state index contributed by atoms with van der Waals surface area (Å²) in [6, 6.07) is 8.18. The van der Waals surface area contributed by atoms with Gasteiger partial charge in [0, 0.05) is 19.8 Å². The van der Waals surface area contributed by atoms with Crippen LogP contribution in [0.2, 0.25) is 0 Å². The summed E-state index contributed by atoms with van der Waals surface area (Å²) < 4.78 is 0. The normalized spacial score (nSPS) is 33.4. The lowest BCUT2D eigenvalue weighted by molar-refractivity contribution is -0.138. The van der Waals surface area contributed by atoms with Gasteiger partial charge in [0.25, 0.3) is 0 Å². The number of carbonyl (C=O) groups excluding carboxylic acids is 1. The Kier molecular flexibility index (Phi) is 4.30. The van der Waals surface area contributed by atoms with Crippen LogP contribution in [-0.4, -0.2) is 26.2 Å². The van der Waals surface area contributed by atoms with Crippen LogP contribution in [-0.2, 0) is 4.79 Å². The highest BCUT2D eigenvalue weighted by molar-refractivity contribution is 5.86.